The number of carboxylic acid groups (broad SMARTS) is 1. The molecule has 2 aliphatic rings. The third kappa shape index (κ3) is 2.98. The molecule has 0 radical (unpaired) electrons. The third-order valence-corrected chi connectivity index (χ3v) is 4.67. The summed E-state index contributed by atoms with van der Waals surface area (Å²) < 4.78 is 5.36. The van der Waals surface area contributed by atoms with Crippen LogP contribution < -0.4 is 10.1 Å². The van der Waals surface area contributed by atoms with E-state index in [1.54, 1.807) is 24.3 Å². The fraction of sp³-hybridized carbons (Fsp3) is 0.389. The minimum absolute atomic E-state index is 0.107. The van der Waals surface area contributed by atoms with E-state index < -0.39 is 41.0 Å². The molecule has 0 aliphatic carbocycles. The number of para-hydroxylation sites is 1. The van der Waals surface area contributed by atoms with E-state index in [1.165, 1.54) is 0 Å². The first-order valence-electron chi connectivity index (χ1n) is 8.18. The number of fused-ring (bicyclic) bond motifs is 1. The second kappa shape index (κ2) is 6.36. The number of β-lactam (4-membered cyclic amide) rings is 1. The van der Waals surface area contributed by atoms with Gasteiger partial charge in [0.2, 0.25) is 0 Å². The first-order valence-corrected chi connectivity index (χ1v) is 8.18. The maximum atomic E-state index is 12.4. The zero-order valence-corrected chi connectivity index (χ0v) is 14.4. The smallest absolute Gasteiger partial charge is 0.356 e. The number of allylic oxidation sites excluding steroid dienone is 1. The van der Waals surface area contributed by atoms with Crippen molar-refractivity contribution < 1.29 is 29.3 Å². The topological polar surface area (TPSA) is 116 Å². The Morgan fingerprint density at radius 2 is 1.96 bits per heavy atom. The summed E-state index contributed by atoms with van der Waals surface area (Å²) in [5.74, 6) is -2.20. The van der Waals surface area contributed by atoms with Crippen LogP contribution in [0.4, 0.5) is 0 Å². The van der Waals surface area contributed by atoms with Crippen LogP contribution in [0.25, 0.3) is 0 Å². The highest BCUT2D eigenvalue weighted by Gasteiger charge is 2.60. The Kier molecular flexibility index (Phi) is 4.35. The van der Waals surface area contributed by atoms with Gasteiger partial charge in [0, 0.05) is 6.42 Å². The number of carbonyl (C=O) groups is 3. The first kappa shape index (κ1) is 17.8. The summed E-state index contributed by atoms with van der Waals surface area (Å²) in [5, 5.41) is 21.9. The molecule has 2 amide bonds. The van der Waals surface area contributed by atoms with Crippen LogP contribution in [-0.2, 0) is 14.4 Å². The highest BCUT2D eigenvalue weighted by atomic mass is 16.5. The number of aliphatic hydroxyl groups excluding tert-OH is 1. The first-order chi connectivity index (χ1) is 12.2. The molecule has 8 nitrogen and oxygen atoms in total. The number of hydrogen-bond acceptors (Lipinski definition) is 5. The maximum Gasteiger partial charge on any atom is 0.356 e. The predicted molar refractivity (Wildman–Crippen MR) is 90.2 cm³/mol. The van der Waals surface area contributed by atoms with Crippen LogP contribution >= 0.6 is 0 Å². The standard InChI is InChI=1S/C18H20N2O6/c1-18(2)8-11(21)14(17(24)25)20-15(18)13(16(20)23)19-12(22)9-26-10-6-4-3-5-7-10/h3-7,13,15,21H,8-9H2,1-2H3,(H,19,22)(H,24,25). The van der Waals surface area contributed by atoms with Crippen LogP contribution in [0, 0.1) is 5.41 Å². The van der Waals surface area contributed by atoms with Crippen LogP contribution in [0.15, 0.2) is 41.8 Å². The number of aliphatic carboxylic acids is 1. The van der Waals surface area contributed by atoms with E-state index in [2.05, 4.69) is 5.32 Å². The molecule has 1 aromatic carbocycles. The molecule has 1 fully saturated rings. The van der Waals surface area contributed by atoms with Gasteiger partial charge in [-0.2, -0.15) is 0 Å². The lowest BCUT2D eigenvalue weighted by Crippen LogP contribution is -2.76. The van der Waals surface area contributed by atoms with Crippen molar-refractivity contribution in [3.05, 3.63) is 41.8 Å². The Hall–Kier alpha value is -3.03. The summed E-state index contributed by atoms with van der Waals surface area (Å²) in [4.78, 5) is 37.0. The van der Waals surface area contributed by atoms with Gasteiger partial charge >= 0.3 is 5.97 Å². The van der Waals surface area contributed by atoms with Gasteiger partial charge < -0.3 is 20.3 Å². The second-order valence-electron chi connectivity index (χ2n) is 7.07. The maximum absolute atomic E-state index is 12.4. The van der Waals surface area contributed by atoms with E-state index in [-0.39, 0.29) is 18.8 Å². The molecule has 0 bridgehead atoms. The Morgan fingerprint density at radius 3 is 2.58 bits per heavy atom. The van der Waals surface area contributed by atoms with E-state index in [0.717, 1.165) is 4.90 Å². The summed E-state index contributed by atoms with van der Waals surface area (Å²) >= 11 is 0. The molecule has 1 aromatic rings. The van der Waals surface area contributed by atoms with Crippen molar-refractivity contribution in [2.45, 2.75) is 32.4 Å². The van der Waals surface area contributed by atoms with Crippen LogP contribution in [-0.4, -0.2) is 51.6 Å². The Bertz CT molecular complexity index is 786. The van der Waals surface area contributed by atoms with E-state index in [4.69, 9.17) is 4.74 Å². The largest absolute Gasteiger partial charge is 0.510 e. The number of rotatable bonds is 5. The number of ether oxygens (including phenoxy) is 1. The lowest BCUT2D eigenvalue weighted by atomic mass is 9.68. The van der Waals surface area contributed by atoms with E-state index in [9.17, 15) is 24.6 Å². The number of hydrogen-bond donors (Lipinski definition) is 3. The van der Waals surface area contributed by atoms with Crippen molar-refractivity contribution in [3.8, 4) is 5.75 Å². The third-order valence-electron chi connectivity index (χ3n) is 4.67. The highest BCUT2D eigenvalue weighted by Crippen LogP contribution is 2.46. The zero-order chi connectivity index (χ0) is 19.1. The zero-order valence-electron chi connectivity index (χ0n) is 14.4. The quantitative estimate of drug-likeness (QED) is 0.676. The van der Waals surface area contributed by atoms with Crippen molar-refractivity contribution in [3.63, 3.8) is 0 Å². The normalized spacial score (nSPS) is 23.8. The van der Waals surface area contributed by atoms with Gasteiger partial charge in [0.15, 0.2) is 12.3 Å². The molecule has 138 valence electrons. The number of benzene rings is 1. The summed E-state index contributed by atoms with van der Waals surface area (Å²) in [6.45, 7) is 3.37. The van der Waals surface area contributed by atoms with Crippen molar-refractivity contribution in [2.75, 3.05) is 6.61 Å². The van der Waals surface area contributed by atoms with Gasteiger partial charge in [-0.3, -0.25) is 14.5 Å². The summed E-state index contributed by atoms with van der Waals surface area (Å²) in [7, 11) is 0. The molecule has 3 N–H and O–H groups in total. The minimum atomic E-state index is -1.37. The molecule has 2 unspecified atom stereocenters. The molecule has 8 heteroatoms. The van der Waals surface area contributed by atoms with Crippen LogP contribution in [0.5, 0.6) is 5.75 Å². The molecule has 2 atom stereocenters. The highest BCUT2D eigenvalue weighted by molar-refractivity contribution is 6.01. The lowest BCUT2D eigenvalue weighted by Gasteiger charge is -2.56. The van der Waals surface area contributed by atoms with Crippen LogP contribution in [0.2, 0.25) is 0 Å². The Labute approximate surface area is 150 Å². The fourth-order valence-electron chi connectivity index (χ4n) is 3.55. The average molecular weight is 360 g/mol. The van der Waals surface area contributed by atoms with E-state index in [1.807, 2.05) is 19.9 Å². The van der Waals surface area contributed by atoms with E-state index in [0.29, 0.717) is 5.75 Å². The Morgan fingerprint density at radius 1 is 1.31 bits per heavy atom. The summed E-state index contributed by atoms with van der Waals surface area (Å²) in [5.41, 5.74) is -1.000. The van der Waals surface area contributed by atoms with Gasteiger partial charge in [-0.05, 0) is 17.5 Å². The van der Waals surface area contributed by atoms with Gasteiger partial charge in [-0.25, -0.2) is 4.79 Å². The summed E-state index contributed by atoms with van der Waals surface area (Å²) in [6, 6.07) is 7.40. The van der Waals surface area contributed by atoms with Gasteiger partial charge in [0.1, 0.15) is 17.6 Å². The molecular weight excluding hydrogens is 340 g/mol. The fourth-order valence-corrected chi connectivity index (χ4v) is 3.55. The summed E-state index contributed by atoms with van der Waals surface area (Å²) in [6.07, 6.45) is 0.107. The van der Waals surface area contributed by atoms with Gasteiger partial charge in [-0.15, -0.1) is 0 Å². The van der Waals surface area contributed by atoms with Gasteiger partial charge in [-0.1, -0.05) is 32.0 Å². The molecule has 0 aromatic heterocycles. The number of aliphatic hydroxyl groups is 1. The van der Waals surface area contributed by atoms with Crippen molar-refractivity contribution >= 4 is 17.8 Å². The van der Waals surface area contributed by atoms with Crippen LogP contribution in [0.1, 0.15) is 20.3 Å². The van der Waals surface area contributed by atoms with Gasteiger partial charge in [0.25, 0.3) is 11.8 Å². The number of nitrogens with zero attached hydrogens (tertiary/aromatic N) is 1. The van der Waals surface area contributed by atoms with Crippen molar-refractivity contribution in [2.24, 2.45) is 5.41 Å². The Balaban J connectivity index is 1.70. The molecule has 2 heterocycles. The number of amides is 2. The molecule has 1 saturated heterocycles. The number of nitrogens with one attached hydrogen (secondary N) is 1. The van der Waals surface area contributed by atoms with Gasteiger partial charge in [0.05, 0.1) is 6.04 Å². The monoisotopic (exact) mass is 360 g/mol. The second-order valence-corrected chi connectivity index (χ2v) is 7.07. The molecule has 26 heavy (non-hydrogen) atoms. The molecule has 2 aliphatic heterocycles. The van der Waals surface area contributed by atoms with Crippen LogP contribution in [0.3, 0.4) is 0 Å². The number of carboxylic acids is 1. The molecule has 0 spiro atoms. The lowest BCUT2D eigenvalue weighted by molar-refractivity contribution is -0.164. The van der Waals surface area contributed by atoms with Crippen molar-refractivity contribution in [1.82, 2.24) is 10.2 Å². The number of carbonyl (C=O) groups excluding carboxylic acids is 2. The molecular formula is C18H20N2O6. The molecule has 0 saturated carbocycles. The minimum Gasteiger partial charge on any atom is -0.510 e. The molecule has 3 rings (SSSR count). The predicted octanol–water partition coefficient (Wildman–Crippen LogP) is 1.05. The SMILES string of the molecule is CC1(C)CC(O)=C(C(=O)O)N2C(=O)C(NC(=O)COc3ccccc3)C21. The average Bonchev–Trinajstić information content (AvgIpc) is 2.57. The van der Waals surface area contributed by atoms with E-state index >= 15 is 0 Å². The van der Waals surface area contributed by atoms with Crippen molar-refractivity contribution in [1.29, 1.82) is 0 Å².